The van der Waals surface area contributed by atoms with Crippen molar-refractivity contribution in [2.45, 2.75) is 58.4 Å². The highest BCUT2D eigenvalue weighted by atomic mass is 15.1. The van der Waals surface area contributed by atoms with Crippen LogP contribution in [0.25, 0.3) is 22.4 Å². The Balaban J connectivity index is 1.71. The molecule has 2 heteroatoms. The summed E-state index contributed by atoms with van der Waals surface area (Å²) in [5, 5.41) is 0. The molecule has 1 aromatic heterocycles. The van der Waals surface area contributed by atoms with Gasteiger partial charge in [-0.3, -0.25) is 0 Å². The highest BCUT2D eigenvalue weighted by Gasteiger charge is 2.11. The van der Waals surface area contributed by atoms with Gasteiger partial charge in [0.25, 0.3) is 0 Å². The third-order valence-corrected chi connectivity index (χ3v) is 4.67. The number of nitrogens with zero attached hydrogens (tertiary/aromatic N) is 2. The van der Waals surface area contributed by atoms with Crippen molar-refractivity contribution in [2.24, 2.45) is 0 Å². The van der Waals surface area contributed by atoms with Crippen LogP contribution in [0.15, 0.2) is 54.6 Å². The molecule has 0 aliphatic rings. The summed E-state index contributed by atoms with van der Waals surface area (Å²) in [6.07, 6.45) is 9.36. The average Bonchev–Trinajstić information content (AvgIpc) is 3.00. The monoisotopic (exact) mass is 320 g/mol. The van der Waals surface area contributed by atoms with Gasteiger partial charge in [0.15, 0.2) is 0 Å². The number of rotatable bonds is 9. The fourth-order valence-corrected chi connectivity index (χ4v) is 3.34. The Morgan fingerprint density at radius 1 is 0.750 bits per heavy atom. The van der Waals surface area contributed by atoms with E-state index in [4.69, 9.17) is 4.98 Å². The lowest BCUT2D eigenvalue weighted by atomic mass is 10.1. The van der Waals surface area contributed by atoms with E-state index in [9.17, 15) is 0 Å². The number of aryl methyl sites for hydroxylation is 1. The van der Waals surface area contributed by atoms with Crippen molar-refractivity contribution in [3.05, 3.63) is 54.6 Å². The smallest absolute Gasteiger partial charge is 0.141 e. The van der Waals surface area contributed by atoms with Crippen LogP contribution in [-0.2, 0) is 6.54 Å². The van der Waals surface area contributed by atoms with Crippen LogP contribution in [0.2, 0.25) is 0 Å². The maximum absolute atomic E-state index is 4.89. The Morgan fingerprint density at radius 3 is 2.21 bits per heavy atom. The van der Waals surface area contributed by atoms with E-state index in [0.717, 1.165) is 17.9 Å². The summed E-state index contributed by atoms with van der Waals surface area (Å²) in [5.41, 5.74) is 3.55. The molecule has 0 unspecified atom stereocenters. The molecule has 24 heavy (non-hydrogen) atoms. The highest BCUT2D eigenvalue weighted by Crippen LogP contribution is 2.25. The number of imidazole rings is 1. The van der Waals surface area contributed by atoms with Crippen molar-refractivity contribution < 1.29 is 0 Å². The number of fused-ring (bicyclic) bond motifs is 1. The lowest BCUT2D eigenvalue weighted by Gasteiger charge is -2.09. The molecule has 0 saturated heterocycles. The van der Waals surface area contributed by atoms with Crippen LogP contribution in [0.4, 0.5) is 0 Å². The van der Waals surface area contributed by atoms with Gasteiger partial charge in [-0.15, -0.1) is 0 Å². The van der Waals surface area contributed by atoms with Gasteiger partial charge in [0.1, 0.15) is 5.82 Å². The van der Waals surface area contributed by atoms with Crippen molar-refractivity contribution in [1.29, 1.82) is 0 Å². The van der Waals surface area contributed by atoms with E-state index < -0.39 is 0 Å². The van der Waals surface area contributed by atoms with Gasteiger partial charge >= 0.3 is 0 Å². The molecule has 0 aliphatic carbocycles. The number of aromatic nitrogens is 2. The first-order valence-corrected chi connectivity index (χ1v) is 9.41. The summed E-state index contributed by atoms with van der Waals surface area (Å²) in [5.74, 6) is 1.10. The minimum Gasteiger partial charge on any atom is -0.324 e. The molecule has 1 heterocycles. The van der Waals surface area contributed by atoms with Crippen LogP contribution in [0, 0.1) is 0 Å². The average molecular weight is 320 g/mol. The third-order valence-electron chi connectivity index (χ3n) is 4.67. The molecule has 0 radical (unpaired) electrons. The van der Waals surface area contributed by atoms with E-state index in [-0.39, 0.29) is 0 Å². The van der Waals surface area contributed by atoms with Crippen molar-refractivity contribution in [2.75, 3.05) is 0 Å². The van der Waals surface area contributed by atoms with E-state index in [1.165, 1.54) is 56.0 Å². The molecule has 2 nitrogen and oxygen atoms in total. The fourth-order valence-electron chi connectivity index (χ4n) is 3.34. The van der Waals surface area contributed by atoms with E-state index in [2.05, 4.69) is 66.1 Å². The molecule has 2 aromatic carbocycles. The van der Waals surface area contributed by atoms with Crippen LogP contribution in [0.5, 0.6) is 0 Å². The second-order valence-electron chi connectivity index (χ2n) is 6.56. The molecule has 0 aliphatic heterocycles. The van der Waals surface area contributed by atoms with Crippen LogP contribution in [0.1, 0.15) is 51.9 Å². The summed E-state index contributed by atoms with van der Waals surface area (Å²) in [4.78, 5) is 4.89. The molecule has 0 bridgehead atoms. The maximum atomic E-state index is 4.89. The zero-order valence-corrected chi connectivity index (χ0v) is 14.7. The van der Waals surface area contributed by atoms with Gasteiger partial charge < -0.3 is 4.57 Å². The largest absolute Gasteiger partial charge is 0.324 e. The van der Waals surface area contributed by atoms with Gasteiger partial charge in [0.05, 0.1) is 11.0 Å². The first-order chi connectivity index (χ1) is 11.9. The number of hydrogen-bond donors (Lipinski definition) is 0. The van der Waals surface area contributed by atoms with E-state index >= 15 is 0 Å². The van der Waals surface area contributed by atoms with Crippen molar-refractivity contribution in [3.8, 4) is 11.4 Å². The molecular weight excluding hydrogens is 292 g/mol. The summed E-state index contributed by atoms with van der Waals surface area (Å²) < 4.78 is 2.40. The standard InChI is InChI=1S/C22H28N2/c1-2-3-4-5-6-7-13-18-24-21-17-12-11-16-20(21)23-22(24)19-14-9-8-10-15-19/h8-12,14-17H,2-7,13,18H2,1H3. The van der Waals surface area contributed by atoms with E-state index in [1.807, 2.05) is 0 Å². The van der Waals surface area contributed by atoms with Crippen LogP contribution >= 0.6 is 0 Å². The molecule has 126 valence electrons. The Labute approximate surface area is 145 Å². The fraction of sp³-hybridized carbons (Fsp3) is 0.409. The van der Waals surface area contributed by atoms with E-state index in [0.29, 0.717) is 0 Å². The molecule has 0 atom stereocenters. The lowest BCUT2D eigenvalue weighted by molar-refractivity contribution is 0.557. The Kier molecular flexibility index (Phi) is 6.06. The van der Waals surface area contributed by atoms with Crippen LogP contribution < -0.4 is 0 Å². The second kappa shape index (κ2) is 8.68. The van der Waals surface area contributed by atoms with Crippen molar-refractivity contribution in [1.82, 2.24) is 9.55 Å². The number of para-hydroxylation sites is 2. The van der Waals surface area contributed by atoms with Gasteiger partial charge in [-0.25, -0.2) is 4.98 Å². The molecule has 3 rings (SSSR count). The zero-order chi connectivity index (χ0) is 16.6. The van der Waals surface area contributed by atoms with Gasteiger partial charge in [0.2, 0.25) is 0 Å². The number of benzene rings is 2. The maximum Gasteiger partial charge on any atom is 0.141 e. The summed E-state index contributed by atoms with van der Waals surface area (Å²) >= 11 is 0. The molecule has 0 fully saturated rings. The summed E-state index contributed by atoms with van der Waals surface area (Å²) in [6.45, 7) is 3.33. The summed E-state index contributed by atoms with van der Waals surface area (Å²) in [7, 11) is 0. The zero-order valence-electron chi connectivity index (χ0n) is 14.7. The van der Waals surface area contributed by atoms with Gasteiger partial charge in [0, 0.05) is 12.1 Å². The Hall–Kier alpha value is -2.09. The molecular formula is C22H28N2. The highest BCUT2D eigenvalue weighted by molar-refractivity contribution is 5.80. The molecule has 0 N–H and O–H groups in total. The van der Waals surface area contributed by atoms with Gasteiger partial charge in [-0.1, -0.05) is 87.9 Å². The second-order valence-corrected chi connectivity index (χ2v) is 6.56. The summed E-state index contributed by atoms with van der Waals surface area (Å²) in [6, 6.07) is 19.0. The Morgan fingerprint density at radius 2 is 1.42 bits per heavy atom. The van der Waals surface area contributed by atoms with Crippen LogP contribution in [-0.4, -0.2) is 9.55 Å². The normalized spacial score (nSPS) is 11.2. The van der Waals surface area contributed by atoms with Crippen molar-refractivity contribution in [3.63, 3.8) is 0 Å². The minimum absolute atomic E-state index is 1.05. The number of hydrogen-bond acceptors (Lipinski definition) is 1. The predicted octanol–water partition coefficient (Wildman–Crippen LogP) is 6.45. The quantitative estimate of drug-likeness (QED) is 0.414. The van der Waals surface area contributed by atoms with Gasteiger partial charge in [-0.05, 0) is 18.6 Å². The number of unbranched alkanes of at least 4 members (excludes halogenated alkanes) is 6. The molecule has 0 saturated carbocycles. The predicted molar refractivity (Wildman–Crippen MR) is 103 cm³/mol. The first kappa shape index (κ1) is 16.8. The van der Waals surface area contributed by atoms with Crippen LogP contribution in [0.3, 0.4) is 0 Å². The first-order valence-electron chi connectivity index (χ1n) is 9.41. The molecule has 0 spiro atoms. The topological polar surface area (TPSA) is 17.8 Å². The minimum atomic E-state index is 1.05. The third kappa shape index (κ3) is 4.05. The van der Waals surface area contributed by atoms with E-state index in [1.54, 1.807) is 0 Å². The van der Waals surface area contributed by atoms with Crippen molar-refractivity contribution >= 4 is 11.0 Å². The van der Waals surface area contributed by atoms with Gasteiger partial charge in [-0.2, -0.15) is 0 Å². The molecule has 3 aromatic rings. The Bertz CT molecular complexity index is 743. The lowest BCUT2D eigenvalue weighted by Crippen LogP contribution is -2.01. The molecule has 0 amide bonds. The SMILES string of the molecule is CCCCCCCCCn1c(-c2ccccc2)nc2ccccc21.